The number of aliphatic hydroxyl groups is 1. The molecule has 0 bridgehead atoms. The Morgan fingerprint density at radius 3 is 2.61 bits per heavy atom. The zero-order valence-electron chi connectivity index (χ0n) is 10.7. The molecule has 0 spiro atoms. The second-order valence-corrected chi connectivity index (χ2v) is 3.87. The number of carbonyl (C=O) groups excluding carboxylic acids is 1. The number of benzene rings is 1. The molecule has 18 heavy (non-hydrogen) atoms. The number of nitriles is 1. The highest BCUT2D eigenvalue weighted by Crippen LogP contribution is 2.22. The molecule has 0 aliphatic heterocycles. The fourth-order valence-electron chi connectivity index (χ4n) is 1.64. The molecule has 0 radical (unpaired) electrons. The monoisotopic (exact) mass is 245 g/mol. The molecule has 94 valence electrons. The van der Waals surface area contributed by atoms with Gasteiger partial charge >= 0.3 is 5.97 Å². The van der Waals surface area contributed by atoms with Gasteiger partial charge in [-0.25, -0.2) is 4.79 Å². The van der Waals surface area contributed by atoms with E-state index < -0.39 is 11.7 Å². The van der Waals surface area contributed by atoms with Crippen molar-refractivity contribution < 1.29 is 14.6 Å². The molecule has 0 aromatic heterocycles. The molecule has 1 rings (SSSR count). The Morgan fingerprint density at radius 2 is 2.11 bits per heavy atom. The highest BCUT2D eigenvalue weighted by atomic mass is 16.5. The molecule has 0 saturated carbocycles. The number of esters is 1. The Balaban J connectivity index is 3.30. The third-order valence-corrected chi connectivity index (χ3v) is 2.47. The van der Waals surface area contributed by atoms with E-state index >= 15 is 0 Å². The SMILES string of the molecule is CCOC(=O)/C(O)=C(\C#N)c1ccc(C)cc1C. The van der Waals surface area contributed by atoms with Crippen LogP contribution in [0.2, 0.25) is 0 Å². The van der Waals surface area contributed by atoms with Crippen LogP contribution in [0.4, 0.5) is 0 Å². The van der Waals surface area contributed by atoms with Crippen molar-refractivity contribution in [2.24, 2.45) is 0 Å². The molecule has 0 unspecified atom stereocenters. The molecular formula is C14H15NO3. The topological polar surface area (TPSA) is 70.3 Å². The van der Waals surface area contributed by atoms with E-state index in [9.17, 15) is 9.90 Å². The molecule has 0 aliphatic rings. The van der Waals surface area contributed by atoms with Gasteiger partial charge in [-0.2, -0.15) is 5.26 Å². The van der Waals surface area contributed by atoms with Crippen molar-refractivity contribution in [3.63, 3.8) is 0 Å². The fourth-order valence-corrected chi connectivity index (χ4v) is 1.64. The second kappa shape index (κ2) is 5.87. The molecule has 0 amide bonds. The van der Waals surface area contributed by atoms with Gasteiger partial charge in [-0.1, -0.05) is 23.8 Å². The lowest BCUT2D eigenvalue weighted by Crippen LogP contribution is -2.09. The summed E-state index contributed by atoms with van der Waals surface area (Å²) in [7, 11) is 0. The first-order valence-corrected chi connectivity index (χ1v) is 5.59. The lowest BCUT2D eigenvalue weighted by molar-refractivity contribution is -0.141. The van der Waals surface area contributed by atoms with Crippen molar-refractivity contribution in [1.29, 1.82) is 5.26 Å². The van der Waals surface area contributed by atoms with Gasteiger partial charge in [0.2, 0.25) is 5.76 Å². The Morgan fingerprint density at radius 1 is 1.44 bits per heavy atom. The van der Waals surface area contributed by atoms with Crippen LogP contribution in [0, 0.1) is 25.2 Å². The van der Waals surface area contributed by atoms with E-state index in [0.717, 1.165) is 11.1 Å². The van der Waals surface area contributed by atoms with E-state index in [0.29, 0.717) is 5.56 Å². The van der Waals surface area contributed by atoms with Crippen LogP contribution < -0.4 is 0 Å². The maximum absolute atomic E-state index is 11.4. The molecule has 0 saturated heterocycles. The molecule has 0 fully saturated rings. The van der Waals surface area contributed by atoms with Crippen molar-refractivity contribution in [2.75, 3.05) is 6.61 Å². The van der Waals surface area contributed by atoms with Gasteiger partial charge in [0.1, 0.15) is 11.6 Å². The quantitative estimate of drug-likeness (QED) is 0.384. The highest BCUT2D eigenvalue weighted by molar-refractivity contribution is 5.99. The number of aryl methyl sites for hydroxylation is 2. The van der Waals surface area contributed by atoms with Gasteiger partial charge in [0, 0.05) is 0 Å². The van der Waals surface area contributed by atoms with Crippen LogP contribution in [0.15, 0.2) is 24.0 Å². The van der Waals surface area contributed by atoms with Crippen LogP contribution in [0.1, 0.15) is 23.6 Å². The summed E-state index contributed by atoms with van der Waals surface area (Å²) in [5, 5.41) is 18.8. The third-order valence-electron chi connectivity index (χ3n) is 2.47. The maximum Gasteiger partial charge on any atom is 0.374 e. The Kier molecular flexibility index (Phi) is 4.50. The van der Waals surface area contributed by atoms with Gasteiger partial charge in [-0.3, -0.25) is 0 Å². The first-order chi connectivity index (χ1) is 8.51. The first-order valence-electron chi connectivity index (χ1n) is 5.59. The van der Waals surface area contributed by atoms with Crippen molar-refractivity contribution in [3.05, 3.63) is 40.6 Å². The summed E-state index contributed by atoms with van der Waals surface area (Å²) in [6, 6.07) is 7.25. The second-order valence-electron chi connectivity index (χ2n) is 3.87. The molecule has 1 aromatic carbocycles. The van der Waals surface area contributed by atoms with Gasteiger partial charge in [-0.05, 0) is 31.9 Å². The van der Waals surface area contributed by atoms with Crippen molar-refractivity contribution in [1.82, 2.24) is 0 Å². The van der Waals surface area contributed by atoms with Crippen LogP contribution >= 0.6 is 0 Å². The Bertz CT molecular complexity index is 538. The van der Waals surface area contributed by atoms with Crippen molar-refractivity contribution in [3.8, 4) is 6.07 Å². The number of hydrogen-bond donors (Lipinski definition) is 1. The third kappa shape index (κ3) is 2.89. The van der Waals surface area contributed by atoms with E-state index in [1.807, 2.05) is 32.0 Å². The molecule has 0 atom stereocenters. The Labute approximate surface area is 106 Å². The van der Waals surface area contributed by atoms with Gasteiger partial charge in [0.25, 0.3) is 0 Å². The molecule has 1 N–H and O–H groups in total. The van der Waals surface area contributed by atoms with Crippen molar-refractivity contribution in [2.45, 2.75) is 20.8 Å². The Hall–Kier alpha value is -2.28. The molecule has 1 aromatic rings. The minimum absolute atomic E-state index is 0.0639. The summed E-state index contributed by atoms with van der Waals surface area (Å²) >= 11 is 0. The largest absolute Gasteiger partial charge is 0.501 e. The minimum atomic E-state index is -0.881. The summed E-state index contributed by atoms with van der Waals surface area (Å²) in [5.74, 6) is -1.53. The van der Waals surface area contributed by atoms with Gasteiger partial charge in [-0.15, -0.1) is 0 Å². The highest BCUT2D eigenvalue weighted by Gasteiger charge is 2.18. The summed E-state index contributed by atoms with van der Waals surface area (Å²) < 4.78 is 4.67. The summed E-state index contributed by atoms with van der Waals surface area (Å²) in [6.07, 6.45) is 0. The average Bonchev–Trinajstić information content (AvgIpc) is 2.32. The first kappa shape index (κ1) is 13.8. The molecule has 0 aliphatic carbocycles. The normalized spacial score (nSPS) is 11.4. The van der Waals surface area contributed by atoms with Crippen LogP contribution in [-0.2, 0) is 9.53 Å². The van der Waals surface area contributed by atoms with Crippen LogP contribution in [-0.4, -0.2) is 17.7 Å². The van der Waals surface area contributed by atoms with E-state index in [4.69, 9.17) is 5.26 Å². The predicted octanol–water partition coefficient (Wildman–Crippen LogP) is 2.66. The maximum atomic E-state index is 11.4. The van der Waals surface area contributed by atoms with Crippen LogP contribution in [0.5, 0.6) is 0 Å². The average molecular weight is 245 g/mol. The number of hydrogen-bond acceptors (Lipinski definition) is 4. The lowest BCUT2D eigenvalue weighted by atomic mass is 9.98. The summed E-state index contributed by atoms with van der Waals surface area (Å²) in [6.45, 7) is 5.53. The number of nitrogens with zero attached hydrogens (tertiary/aromatic N) is 1. The number of rotatable bonds is 3. The van der Waals surface area contributed by atoms with E-state index in [-0.39, 0.29) is 12.2 Å². The molecule has 0 heterocycles. The number of ether oxygens (including phenoxy) is 1. The zero-order valence-corrected chi connectivity index (χ0v) is 10.7. The smallest absolute Gasteiger partial charge is 0.374 e. The fraction of sp³-hybridized carbons (Fsp3) is 0.286. The molecular weight excluding hydrogens is 230 g/mol. The number of carbonyl (C=O) groups is 1. The van der Waals surface area contributed by atoms with Gasteiger partial charge in [0.15, 0.2) is 0 Å². The molecule has 4 heteroatoms. The van der Waals surface area contributed by atoms with Gasteiger partial charge < -0.3 is 9.84 Å². The number of aliphatic hydroxyl groups excluding tert-OH is 1. The number of allylic oxidation sites excluding steroid dienone is 1. The van der Waals surface area contributed by atoms with Crippen LogP contribution in [0.3, 0.4) is 0 Å². The predicted molar refractivity (Wildman–Crippen MR) is 67.7 cm³/mol. The van der Waals surface area contributed by atoms with Gasteiger partial charge in [0.05, 0.1) is 6.61 Å². The zero-order chi connectivity index (χ0) is 13.7. The van der Waals surface area contributed by atoms with Crippen molar-refractivity contribution >= 4 is 11.5 Å². The van der Waals surface area contributed by atoms with Crippen LogP contribution in [0.25, 0.3) is 5.57 Å². The lowest BCUT2D eigenvalue weighted by Gasteiger charge is -2.07. The summed E-state index contributed by atoms with van der Waals surface area (Å²) in [4.78, 5) is 11.4. The van der Waals surface area contributed by atoms with E-state index in [2.05, 4.69) is 4.74 Å². The molecule has 4 nitrogen and oxygen atoms in total. The minimum Gasteiger partial charge on any atom is -0.501 e. The summed E-state index contributed by atoms with van der Waals surface area (Å²) in [5.41, 5.74) is 2.34. The van der Waals surface area contributed by atoms with E-state index in [1.165, 1.54) is 0 Å². The van der Waals surface area contributed by atoms with E-state index in [1.54, 1.807) is 13.0 Å². The standard InChI is InChI=1S/C14H15NO3/c1-4-18-14(17)13(16)12(8-15)11-6-5-9(2)7-10(11)3/h5-7,16H,4H2,1-3H3/b13-12-.